The molecule has 1 atom stereocenters. The Kier molecular flexibility index (Phi) is 4.67. The molecule has 0 aliphatic carbocycles. The molecule has 0 aliphatic heterocycles. The zero-order valence-corrected chi connectivity index (χ0v) is 10.0. The number of hydrogen-bond donors (Lipinski definition) is 4. The molecule has 5 N–H and O–H groups in total. The number of phenols is 1. The number of amides is 1. The first-order valence-corrected chi connectivity index (χ1v) is 5.53. The maximum absolute atomic E-state index is 11.7. The van der Waals surface area contributed by atoms with Crippen LogP contribution in [0.3, 0.4) is 0 Å². The number of aromatic hydroxyl groups is 1. The van der Waals surface area contributed by atoms with Gasteiger partial charge in [-0.2, -0.15) is 0 Å². The van der Waals surface area contributed by atoms with E-state index in [1.807, 2.05) is 0 Å². The largest absolute Gasteiger partial charge is 0.507 e. The van der Waals surface area contributed by atoms with Gasteiger partial charge in [-0.15, -0.1) is 0 Å². The number of hydrogen-bond acceptors (Lipinski definition) is 4. The fraction of sp³-hybridized carbons (Fsp3) is 0.333. The van der Waals surface area contributed by atoms with E-state index >= 15 is 0 Å². The number of benzene rings is 1. The highest BCUT2D eigenvalue weighted by Crippen LogP contribution is 2.21. The van der Waals surface area contributed by atoms with Crippen molar-refractivity contribution >= 4 is 17.6 Å². The maximum atomic E-state index is 11.7. The summed E-state index contributed by atoms with van der Waals surface area (Å²) in [6.07, 6.45) is 0.551. The lowest BCUT2D eigenvalue weighted by Crippen LogP contribution is -2.22. The standard InChI is InChI=1S/C12H16N2O4/c1-7(4-5-13)11(16)14-8-2-3-10(15)9(6-8)12(17)18/h2-3,6-7,15H,4-5,13H2,1H3,(H,14,16)(H,17,18). The van der Waals surface area contributed by atoms with E-state index in [1.54, 1.807) is 6.92 Å². The summed E-state index contributed by atoms with van der Waals surface area (Å²) in [6, 6.07) is 3.88. The average molecular weight is 252 g/mol. The van der Waals surface area contributed by atoms with E-state index in [-0.39, 0.29) is 23.1 Å². The molecular formula is C12H16N2O4. The Bertz CT molecular complexity index is 459. The fourth-order valence-corrected chi connectivity index (χ4v) is 1.43. The quantitative estimate of drug-likeness (QED) is 0.584. The van der Waals surface area contributed by atoms with Crippen molar-refractivity contribution in [3.63, 3.8) is 0 Å². The highest BCUT2D eigenvalue weighted by atomic mass is 16.4. The van der Waals surface area contributed by atoms with Crippen LogP contribution in [0.4, 0.5) is 5.69 Å². The molecule has 0 aromatic heterocycles. The third kappa shape index (κ3) is 3.46. The van der Waals surface area contributed by atoms with Gasteiger partial charge in [0.1, 0.15) is 11.3 Å². The van der Waals surface area contributed by atoms with E-state index in [9.17, 15) is 14.7 Å². The van der Waals surface area contributed by atoms with Gasteiger partial charge >= 0.3 is 5.97 Å². The predicted octanol–water partition coefficient (Wildman–Crippen LogP) is 1.01. The number of carbonyl (C=O) groups excluding carboxylic acids is 1. The minimum atomic E-state index is -1.25. The highest BCUT2D eigenvalue weighted by molar-refractivity contribution is 5.96. The van der Waals surface area contributed by atoms with Crippen LogP contribution >= 0.6 is 0 Å². The molecule has 0 fully saturated rings. The van der Waals surface area contributed by atoms with Crippen LogP contribution < -0.4 is 11.1 Å². The van der Waals surface area contributed by atoms with Gasteiger partial charge < -0.3 is 21.3 Å². The summed E-state index contributed by atoms with van der Waals surface area (Å²) in [7, 11) is 0. The van der Waals surface area contributed by atoms with Crippen molar-refractivity contribution < 1.29 is 19.8 Å². The number of carbonyl (C=O) groups is 2. The van der Waals surface area contributed by atoms with Crippen molar-refractivity contribution in [2.75, 3.05) is 11.9 Å². The van der Waals surface area contributed by atoms with Gasteiger partial charge in [0.25, 0.3) is 0 Å². The molecule has 0 aliphatic rings. The SMILES string of the molecule is CC(CCN)C(=O)Nc1ccc(O)c(C(=O)O)c1. The second-order valence-electron chi connectivity index (χ2n) is 4.00. The summed E-state index contributed by atoms with van der Waals surface area (Å²) in [4.78, 5) is 22.5. The van der Waals surface area contributed by atoms with Crippen LogP contribution in [0.5, 0.6) is 5.75 Å². The first-order valence-electron chi connectivity index (χ1n) is 5.53. The number of nitrogens with two attached hydrogens (primary N) is 1. The molecular weight excluding hydrogens is 236 g/mol. The summed E-state index contributed by atoms with van der Waals surface area (Å²) in [6.45, 7) is 2.14. The molecule has 0 heterocycles. The van der Waals surface area contributed by atoms with E-state index in [2.05, 4.69) is 5.32 Å². The molecule has 1 aromatic carbocycles. The Morgan fingerprint density at radius 2 is 2.11 bits per heavy atom. The minimum Gasteiger partial charge on any atom is -0.507 e. The smallest absolute Gasteiger partial charge is 0.339 e. The predicted molar refractivity (Wildman–Crippen MR) is 66.5 cm³/mol. The van der Waals surface area contributed by atoms with Crippen molar-refractivity contribution in [2.24, 2.45) is 11.7 Å². The molecule has 1 rings (SSSR count). The molecule has 0 saturated carbocycles. The Morgan fingerprint density at radius 3 is 2.67 bits per heavy atom. The summed E-state index contributed by atoms with van der Waals surface area (Å²) in [5.74, 6) is -2.08. The topological polar surface area (TPSA) is 113 Å². The van der Waals surface area contributed by atoms with Crippen LogP contribution in [0.15, 0.2) is 18.2 Å². The summed E-state index contributed by atoms with van der Waals surface area (Å²) >= 11 is 0. The molecule has 0 radical (unpaired) electrons. The lowest BCUT2D eigenvalue weighted by Gasteiger charge is -2.11. The lowest BCUT2D eigenvalue weighted by atomic mass is 10.1. The Labute approximate surface area is 104 Å². The van der Waals surface area contributed by atoms with Gasteiger partial charge in [0, 0.05) is 11.6 Å². The normalized spacial score (nSPS) is 11.9. The monoisotopic (exact) mass is 252 g/mol. The molecule has 98 valence electrons. The van der Waals surface area contributed by atoms with Gasteiger partial charge in [-0.1, -0.05) is 6.92 Å². The highest BCUT2D eigenvalue weighted by Gasteiger charge is 2.14. The van der Waals surface area contributed by atoms with Crippen LogP contribution in [0.1, 0.15) is 23.7 Å². The van der Waals surface area contributed by atoms with Crippen molar-refractivity contribution in [3.05, 3.63) is 23.8 Å². The number of aromatic carboxylic acids is 1. The first kappa shape index (κ1) is 14.0. The first-order chi connectivity index (χ1) is 8.45. The third-order valence-corrected chi connectivity index (χ3v) is 2.54. The van der Waals surface area contributed by atoms with E-state index in [1.165, 1.54) is 18.2 Å². The Balaban J connectivity index is 2.82. The fourth-order valence-electron chi connectivity index (χ4n) is 1.43. The van der Waals surface area contributed by atoms with Crippen molar-refractivity contribution in [1.29, 1.82) is 0 Å². The number of anilines is 1. The van der Waals surface area contributed by atoms with Crippen LogP contribution in [0.25, 0.3) is 0 Å². The lowest BCUT2D eigenvalue weighted by molar-refractivity contribution is -0.119. The molecule has 6 heteroatoms. The van der Waals surface area contributed by atoms with Gasteiger partial charge in [-0.25, -0.2) is 4.79 Å². The van der Waals surface area contributed by atoms with Gasteiger partial charge in [0.15, 0.2) is 0 Å². The van der Waals surface area contributed by atoms with Crippen LogP contribution in [-0.4, -0.2) is 28.6 Å². The van der Waals surface area contributed by atoms with Gasteiger partial charge in [-0.3, -0.25) is 4.79 Å². The van der Waals surface area contributed by atoms with Crippen molar-refractivity contribution in [2.45, 2.75) is 13.3 Å². The second-order valence-corrected chi connectivity index (χ2v) is 4.00. The number of rotatable bonds is 5. The summed E-state index contributed by atoms with van der Waals surface area (Å²) in [5.41, 5.74) is 5.44. The molecule has 0 spiro atoms. The van der Waals surface area contributed by atoms with Crippen LogP contribution in [-0.2, 0) is 4.79 Å². The summed E-state index contributed by atoms with van der Waals surface area (Å²) in [5, 5.41) is 20.7. The molecule has 1 amide bonds. The number of carboxylic acid groups (broad SMARTS) is 1. The molecule has 18 heavy (non-hydrogen) atoms. The molecule has 0 saturated heterocycles. The molecule has 0 bridgehead atoms. The minimum absolute atomic E-state index is 0.234. The van der Waals surface area contributed by atoms with Gasteiger partial charge in [0.05, 0.1) is 0 Å². The summed E-state index contributed by atoms with van der Waals surface area (Å²) < 4.78 is 0. The van der Waals surface area contributed by atoms with Gasteiger partial charge in [0.2, 0.25) is 5.91 Å². The van der Waals surface area contributed by atoms with E-state index in [4.69, 9.17) is 10.8 Å². The van der Waals surface area contributed by atoms with E-state index < -0.39 is 5.97 Å². The Hall–Kier alpha value is -2.08. The average Bonchev–Trinajstić information content (AvgIpc) is 2.31. The van der Waals surface area contributed by atoms with Crippen LogP contribution in [0.2, 0.25) is 0 Å². The molecule has 6 nitrogen and oxygen atoms in total. The number of nitrogens with one attached hydrogen (secondary N) is 1. The molecule has 1 unspecified atom stereocenters. The maximum Gasteiger partial charge on any atom is 0.339 e. The van der Waals surface area contributed by atoms with Crippen molar-refractivity contribution in [3.8, 4) is 5.75 Å². The van der Waals surface area contributed by atoms with Crippen LogP contribution in [0, 0.1) is 5.92 Å². The van der Waals surface area contributed by atoms with E-state index in [0.29, 0.717) is 18.7 Å². The zero-order valence-electron chi connectivity index (χ0n) is 10.0. The number of carboxylic acids is 1. The van der Waals surface area contributed by atoms with Crippen molar-refractivity contribution in [1.82, 2.24) is 0 Å². The second kappa shape index (κ2) is 6.02. The van der Waals surface area contributed by atoms with E-state index in [0.717, 1.165) is 0 Å². The zero-order chi connectivity index (χ0) is 13.7. The third-order valence-electron chi connectivity index (χ3n) is 2.54. The Morgan fingerprint density at radius 1 is 1.44 bits per heavy atom. The van der Waals surface area contributed by atoms with Gasteiger partial charge in [-0.05, 0) is 31.2 Å². The molecule has 1 aromatic rings.